The molecule has 7 rings (SSSR count). The van der Waals surface area contributed by atoms with Crippen LogP contribution in [-0.2, 0) is 21.5 Å². The van der Waals surface area contributed by atoms with Crippen LogP contribution in [0.2, 0.25) is 0 Å². The molecule has 0 unspecified atom stereocenters. The van der Waals surface area contributed by atoms with Gasteiger partial charge < -0.3 is 19.5 Å². The number of ether oxygens (including phenoxy) is 1. The minimum Gasteiger partial charge on any atom is -0.377 e. The van der Waals surface area contributed by atoms with E-state index >= 15 is 0 Å². The predicted octanol–water partition coefficient (Wildman–Crippen LogP) is 4.02. The zero-order valence-electron chi connectivity index (χ0n) is 19.7. The van der Waals surface area contributed by atoms with Crippen LogP contribution in [0.15, 0.2) is 30.5 Å². The summed E-state index contributed by atoms with van der Waals surface area (Å²) < 4.78 is 5.75. The van der Waals surface area contributed by atoms with Crippen molar-refractivity contribution < 1.29 is 9.53 Å². The van der Waals surface area contributed by atoms with Crippen molar-refractivity contribution in [3.05, 3.63) is 41.7 Å². The molecule has 2 aliphatic carbocycles. The Morgan fingerprint density at radius 3 is 2.82 bits per heavy atom. The van der Waals surface area contributed by atoms with Crippen molar-refractivity contribution in [3.63, 3.8) is 0 Å². The molecule has 2 aliphatic heterocycles. The molecule has 1 aromatic carbocycles. The largest absolute Gasteiger partial charge is 0.377 e. The van der Waals surface area contributed by atoms with Crippen LogP contribution in [0.1, 0.15) is 50.3 Å². The summed E-state index contributed by atoms with van der Waals surface area (Å²) >= 11 is 0. The van der Waals surface area contributed by atoms with E-state index in [9.17, 15) is 4.79 Å². The van der Waals surface area contributed by atoms with Gasteiger partial charge in [-0.15, -0.1) is 0 Å². The number of anilines is 1. The van der Waals surface area contributed by atoms with E-state index in [1.54, 1.807) is 0 Å². The fraction of sp³-hybridized carbons (Fsp3) is 0.519. The number of morpholine rings is 1. The number of fused-ring (bicyclic) bond motifs is 3. The summed E-state index contributed by atoms with van der Waals surface area (Å²) in [6.45, 7) is 5.24. The summed E-state index contributed by atoms with van der Waals surface area (Å²) in [6, 6.07) is 8.63. The molecule has 2 saturated carbocycles. The Hall–Kier alpha value is -2.93. The molecule has 176 valence electrons. The second kappa shape index (κ2) is 7.54. The quantitative estimate of drug-likeness (QED) is 0.643. The summed E-state index contributed by atoms with van der Waals surface area (Å²) in [5.41, 5.74) is 4.22. The van der Waals surface area contributed by atoms with Gasteiger partial charge in [0.15, 0.2) is 5.82 Å². The van der Waals surface area contributed by atoms with E-state index in [4.69, 9.17) is 14.7 Å². The Bertz CT molecular complexity index is 1280. The third kappa shape index (κ3) is 2.95. The Morgan fingerprint density at radius 1 is 1.18 bits per heavy atom. The minimum atomic E-state index is -0.263. The van der Waals surface area contributed by atoms with Gasteiger partial charge >= 0.3 is 0 Å². The number of rotatable bonds is 3. The van der Waals surface area contributed by atoms with Crippen LogP contribution in [-0.4, -0.2) is 58.1 Å². The Kier molecular flexibility index (Phi) is 4.53. The van der Waals surface area contributed by atoms with Crippen molar-refractivity contribution in [1.82, 2.24) is 19.9 Å². The Balaban J connectivity index is 1.44. The van der Waals surface area contributed by atoms with Crippen molar-refractivity contribution in [2.75, 3.05) is 31.2 Å². The van der Waals surface area contributed by atoms with Gasteiger partial charge in [0.2, 0.25) is 5.91 Å². The monoisotopic (exact) mass is 457 g/mol. The lowest BCUT2D eigenvalue weighted by atomic mass is 9.69. The average molecular weight is 458 g/mol. The maximum Gasteiger partial charge on any atom is 0.226 e. The number of carbonyl (C=O) groups is 1. The van der Waals surface area contributed by atoms with E-state index in [0.717, 1.165) is 85.4 Å². The van der Waals surface area contributed by atoms with Crippen molar-refractivity contribution in [2.45, 2.75) is 57.0 Å². The van der Waals surface area contributed by atoms with Crippen molar-refractivity contribution in [3.8, 4) is 11.4 Å². The molecule has 1 N–H and O–H groups in total. The van der Waals surface area contributed by atoms with Crippen molar-refractivity contribution >= 4 is 22.6 Å². The summed E-state index contributed by atoms with van der Waals surface area (Å²) in [5.74, 6) is 2.39. The molecule has 1 atom stereocenters. The van der Waals surface area contributed by atoms with Crippen LogP contribution in [0, 0.1) is 5.92 Å². The number of hydrogen-bond donors (Lipinski definition) is 1. The molecular weight excluding hydrogens is 426 g/mol. The second-order valence-corrected chi connectivity index (χ2v) is 10.5. The van der Waals surface area contributed by atoms with Crippen molar-refractivity contribution in [1.29, 1.82) is 0 Å². The molecule has 1 amide bonds. The number of nitrogens with one attached hydrogen (secondary N) is 1. The highest BCUT2D eigenvalue weighted by Gasteiger charge is 2.53. The number of H-pyrrole nitrogens is 1. The van der Waals surface area contributed by atoms with Gasteiger partial charge in [-0.05, 0) is 57.6 Å². The molecule has 3 fully saturated rings. The lowest BCUT2D eigenvalue weighted by Gasteiger charge is -2.53. The van der Waals surface area contributed by atoms with Crippen LogP contribution < -0.4 is 4.90 Å². The zero-order valence-corrected chi connectivity index (χ0v) is 19.7. The van der Waals surface area contributed by atoms with Gasteiger partial charge in [-0.1, -0.05) is 12.1 Å². The fourth-order valence-corrected chi connectivity index (χ4v) is 6.22. The van der Waals surface area contributed by atoms with Crippen molar-refractivity contribution in [2.24, 2.45) is 5.92 Å². The van der Waals surface area contributed by atoms with E-state index in [1.807, 2.05) is 6.20 Å². The first-order chi connectivity index (χ1) is 16.7. The first-order valence-corrected chi connectivity index (χ1v) is 12.8. The molecule has 4 heterocycles. The van der Waals surface area contributed by atoms with E-state index in [2.05, 4.69) is 46.0 Å². The standard InChI is InChI=1S/C27H31N5O2/c1-17-16-34-15-14-31(17)25-21-9-13-32(26(33)18-6-7-18)27(10-3-11-27)23(21)29-24(30-25)20-4-2-5-22-19(20)8-12-28-22/h2,4-5,8,12,17-18,28H,3,6-7,9-11,13-16H2,1H3/t17-/m1/s1. The summed E-state index contributed by atoms with van der Waals surface area (Å²) in [7, 11) is 0. The third-order valence-electron chi connectivity index (χ3n) is 8.38. The summed E-state index contributed by atoms with van der Waals surface area (Å²) in [6.07, 6.45) is 8.02. The maximum atomic E-state index is 13.4. The van der Waals surface area contributed by atoms with Gasteiger partial charge in [-0.3, -0.25) is 4.79 Å². The van der Waals surface area contributed by atoms with Gasteiger partial charge in [0, 0.05) is 47.2 Å². The number of nitrogens with zero attached hydrogens (tertiary/aromatic N) is 4. The number of benzene rings is 1. The molecule has 3 aromatic rings. The molecule has 7 heteroatoms. The maximum absolute atomic E-state index is 13.4. The number of aromatic nitrogens is 3. The SMILES string of the molecule is C[C@@H]1COCCN1c1nc(-c2cccc3[nH]ccc23)nc2c1CCN(C(=O)C1CC1)C21CCC1. The Morgan fingerprint density at radius 2 is 2.06 bits per heavy atom. The second-order valence-electron chi connectivity index (χ2n) is 10.5. The highest BCUT2D eigenvalue weighted by Crippen LogP contribution is 2.52. The highest BCUT2D eigenvalue weighted by atomic mass is 16.5. The van der Waals surface area contributed by atoms with Gasteiger partial charge in [-0.25, -0.2) is 9.97 Å². The molecular formula is C27H31N5O2. The summed E-state index contributed by atoms with van der Waals surface area (Å²) in [4.78, 5) is 31.9. The van der Waals surface area contributed by atoms with Crippen LogP contribution in [0.4, 0.5) is 5.82 Å². The van der Waals surface area contributed by atoms with Crippen LogP contribution in [0.25, 0.3) is 22.3 Å². The number of carbonyl (C=O) groups excluding carboxylic acids is 1. The molecule has 0 bridgehead atoms. The number of amides is 1. The Labute approximate surface area is 199 Å². The van der Waals surface area contributed by atoms with Gasteiger partial charge in [0.05, 0.1) is 30.5 Å². The lowest BCUT2D eigenvalue weighted by Crippen LogP contribution is -2.58. The van der Waals surface area contributed by atoms with Crippen LogP contribution in [0.5, 0.6) is 0 Å². The molecule has 1 spiro atoms. The van der Waals surface area contributed by atoms with Gasteiger partial charge in [0.25, 0.3) is 0 Å². The van der Waals surface area contributed by atoms with Crippen LogP contribution >= 0.6 is 0 Å². The minimum absolute atomic E-state index is 0.229. The van der Waals surface area contributed by atoms with Crippen LogP contribution in [0.3, 0.4) is 0 Å². The predicted molar refractivity (Wildman–Crippen MR) is 131 cm³/mol. The van der Waals surface area contributed by atoms with E-state index < -0.39 is 0 Å². The molecule has 4 aliphatic rings. The third-order valence-corrected chi connectivity index (χ3v) is 8.38. The first kappa shape index (κ1) is 20.4. The highest BCUT2D eigenvalue weighted by molar-refractivity contribution is 5.93. The number of aromatic amines is 1. The zero-order chi connectivity index (χ0) is 22.9. The topological polar surface area (TPSA) is 74.3 Å². The molecule has 7 nitrogen and oxygen atoms in total. The number of hydrogen-bond acceptors (Lipinski definition) is 5. The fourth-order valence-electron chi connectivity index (χ4n) is 6.22. The molecule has 34 heavy (non-hydrogen) atoms. The molecule has 1 saturated heterocycles. The first-order valence-electron chi connectivity index (χ1n) is 12.8. The average Bonchev–Trinajstić information content (AvgIpc) is 3.57. The smallest absolute Gasteiger partial charge is 0.226 e. The van der Waals surface area contributed by atoms with E-state index in [0.29, 0.717) is 19.1 Å². The van der Waals surface area contributed by atoms with E-state index in [-0.39, 0.29) is 17.5 Å². The van der Waals surface area contributed by atoms with Gasteiger partial charge in [0.1, 0.15) is 5.82 Å². The lowest BCUT2D eigenvalue weighted by molar-refractivity contribution is -0.145. The van der Waals surface area contributed by atoms with E-state index in [1.165, 1.54) is 5.56 Å². The summed E-state index contributed by atoms with van der Waals surface area (Å²) in [5, 5.41) is 1.13. The molecule has 0 radical (unpaired) electrons. The normalized spacial score (nSPS) is 23.7. The van der Waals surface area contributed by atoms with Gasteiger partial charge in [-0.2, -0.15) is 0 Å². The molecule has 2 aromatic heterocycles.